The first kappa shape index (κ1) is 14.6. The van der Waals surface area contributed by atoms with Gasteiger partial charge in [0.2, 0.25) is 11.9 Å². The molecule has 108 valence electrons. The molecule has 0 amide bonds. The molecule has 0 aliphatic rings. The van der Waals surface area contributed by atoms with Gasteiger partial charge in [0.15, 0.2) is 10.4 Å². The van der Waals surface area contributed by atoms with E-state index in [1.54, 1.807) is 11.7 Å². The molecule has 0 aliphatic heterocycles. The molecule has 2 aromatic rings. The lowest BCUT2D eigenvalue weighted by Crippen LogP contribution is -2.16. The lowest BCUT2D eigenvalue weighted by atomic mass is 10.4. The molecule has 2 heterocycles. The van der Waals surface area contributed by atoms with Crippen molar-refractivity contribution in [3.05, 3.63) is 4.60 Å². The van der Waals surface area contributed by atoms with Crippen LogP contribution >= 0.6 is 15.9 Å². The second-order valence-corrected chi connectivity index (χ2v) is 5.21. The summed E-state index contributed by atoms with van der Waals surface area (Å²) in [5, 5.41) is 11.1. The Morgan fingerprint density at radius 3 is 2.55 bits per heavy atom. The Morgan fingerprint density at radius 1 is 1.25 bits per heavy atom. The average molecular weight is 341 g/mol. The van der Waals surface area contributed by atoms with Crippen LogP contribution in [-0.4, -0.2) is 50.6 Å². The van der Waals surface area contributed by atoms with Crippen molar-refractivity contribution in [2.75, 3.05) is 30.9 Å². The number of anilines is 2. The molecule has 9 heteroatoms. The topological polar surface area (TPSA) is 84.7 Å². The van der Waals surface area contributed by atoms with Crippen LogP contribution in [0.25, 0.3) is 11.5 Å². The molecular weight excluding hydrogens is 324 g/mol. The minimum absolute atomic E-state index is 0.529. The molecule has 1 N–H and O–H groups in total. The molecule has 0 saturated carbocycles. The summed E-state index contributed by atoms with van der Waals surface area (Å²) in [4.78, 5) is 15.1. The van der Waals surface area contributed by atoms with Crippen molar-refractivity contribution in [1.29, 1.82) is 0 Å². The van der Waals surface area contributed by atoms with Crippen LogP contribution in [0.4, 0.5) is 11.9 Å². The molecule has 0 unspecified atom stereocenters. The molecule has 0 spiro atoms. The fourth-order valence-corrected chi connectivity index (χ4v) is 2.06. The summed E-state index contributed by atoms with van der Waals surface area (Å²) in [6.45, 7) is 2.89. The van der Waals surface area contributed by atoms with Crippen molar-refractivity contribution in [1.82, 2.24) is 29.9 Å². The molecule has 0 atom stereocenters. The van der Waals surface area contributed by atoms with Gasteiger partial charge in [0.1, 0.15) is 5.69 Å². The molecule has 0 saturated heterocycles. The first-order chi connectivity index (χ1) is 9.52. The van der Waals surface area contributed by atoms with E-state index in [2.05, 4.69) is 53.4 Å². The standard InChI is InChI=1S/C11H17BrN8/c1-5-6-13-10-14-9(15-11(16-10)19(2)3)7-8(12)17-18-20(7)4/h5-6H2,1-4H3,(H,13,14,15,16). The Labute approximate surface area is 125 Å². The zero-order chi connectivity index (χ0) is 14.7. The first-order valence-electron chi connectivity index (χ1n) is 6.25. The van der Waals surface area contributed by atoms with Crippen LogP contribution in [0.15, 0.2) is 4.60 Å². The number of hydrogen-bond donors (Lipinski definition) is 1. The third-order valence-electron chi connectivity index (χ3n) is 2.55. The molecule has 0 fully saturated rings. The molecule has 0 aromatic carbocycles. The van der Waals surface area contributed by atoms with Crippen LogP contribution in [0.1, 0.15) is 13.3 Å². The maximum absolute atomic E-state index is 4.44. The minimum Gasteiger partial charge on any atom is -0.354 e. The highest BCUT2D eigenvalue weighted by atomic mass is 79.9. The van der Waals surface area contributed by atoms with E-state index in [1.165, 1.54) is 0 Å². The van der Waals surface area contributed by atoms with Gasteiger partial charge in [-0.1, -0.05) is 12.1 Å². The van der Waals surface area contributed by atoms with Gasteiger partial charge < -0.3 is 10.2 Å². The highest BCUT2D eigenvalue weighted by Crippen LogP contribution is 2.24. The molecule has 20 heavy (non-hydrogen) atoms. The second kappa shape index (κ2) is 6.12. The molecule has 0 radical (unpaired) electrons. The Morgan fingerprint density at radius 2 is 2.00 bits per heavy atom. The molecular formula is C11H17BrN8. The van der Waals surface area contributed by atoms with E-state index in [0.29, 0.717) is 22.3 Å². The monoisotopic (exact) mass is 340 g/mol. The summed E-state index contributed by atoms with van der Waals surface area (Å²) in [6.07, 6.45) is 0.995. The summed E-state index contributed by atoms with van der Waals surface area (Å²) in [7, 11) is 5.57. The number of aryl methyl sites for hydroxylation is 1. The fraction of sp³-hybridized carbons (Fsp3) is 0.545. The van der Waals surface area contributed by atoms with E-state index < -0.39 is 0 Å². The van der Waals surface area contributed by atoms with Crippen LogP contribution in [0.3, 0.4) is 0 Å². The van der Waals surface area contributed by atoms with Gasteiger partial charge in [-0.2, -0.15) is 15.0 Å². The molecule has 0 aliphatic carbocycles. The number of hydrogen-bond acceptors (Lipinski definition) is 7. The van der Waals surface area contributed by atoms with E-state index in [4.69, 9.17) is 0 Å². The van der Waals surface area contributed by atoms with E-state index in [1.807, 2.05) is 19.0 Å². The summed E-state index contributed by atoms with van der Waals surface area (Å²) in [6, 6.07) is 0. The van der Waals surface area contributed by atoms with Crippen molar-refractivity contribution in [2.24, 2.45) is 7.05 Å². The van der Waals surface area contributed by atoms with Crippen LogP contribution < -0.4 is 10.2 Å². The fourth-order valence-electron chi connectivity index (χ4n) is 1.56. The lowest BCUT2D eigenvalue weighted by molar-refractivity contribution is 0.716. The normalized spacial score (nSPS) is 10.7. The molecule has 2 aromatic heterocycles. The van der Waals surface area contributed by atoms with Crippen LogP contribution in [0, 0.1) is 0 Å². The average Bonchev–Trinajstić information content (AvgIpc) is 2.75. The van der Waals surface area contributed by atoms with E-state index >= 15 is 0 Å². The SMILES string of the molecule is CCCNc1nc(-c2c(Br)nnn2C)nc(N(C)C)n1. The third kappa shape index (κ3) is 3.03. The second-order valence-electron chi connectivity index (χ2n) is 4.46. The van der Waals surface area contributed by atoms with Gasteiger partial charge in [0, 0.05) is 27.7 Å². The highest BCUT2D eigenvalue weighted by Gasteiger charge is 2.17. The maximum atomic E-state index is 4.44. The number of nitrogens with one attached hydrogen (secondary N) is 1. The summed E-state index contributed by atoms with van der Waals surface area (Å²) in [5.41, 5.74) is 0.718. The van der Waals surface area contributed by atoms with Crippen LogP contribution in [0.2, 0.25) is 0 Å². The van der Waals surface area contributed by atoms with Crippen molar-refractivity contribution in [3.63, 3.8) is 0 Å². The number of nitrogens with zero attached hydrogens (tertiary/aromatic N) is 7. The Kier molecular flexibility index (Phi) is 4.48. The van der Waals surface area contributed by atoms with Gasteiger partial charge in [-0.3, -0.25) is 0 Å². The molecule has 8 nitrogen and oxygen atoms in total. The highest BCUT2D eigenvalue weighted by molar-refractivity contribution is 9.10. The zero-order valence-electron chi connectivity index (χ0n) is 11.9. The van der Waals surface area contributed by atoms with Gasteiger partial charge in [-0.05, 0) is 22.4 Å². The van der Waals surface area contributed by atoms with Gasteiger partial charge >= 0.3 is 0 Å². The van der Waals surface area contributed by atoms with Gasteiger partial charge in [-0.15, -0.1) is 5.10 Å². The number of rotatable bonds is 5. The van der Waals surface area contributed by atoms with E-state index in [9.17, 15) is 0 Å². The number of aromatic nitrogens is 6. The van der Waals surface area contributed by atoms with E-state index in [-0.39, 0.29) is 0 Å². The summed E-state index contributed by atoms with van der Waals surface area (Å²) < 4.78 is 2.24. The van der Waals surface area contributed by atoms with Crippen molar-refractivity contribution >= 4 is 27.8 Å². The Balaban J connectivity index is 2.49. The lowest BCUT2D eigenvalue weighted by Gasteiger charge is -2.13. The maximum Gasteiger partial charge on any atom is 0.230 e. The minimum atomic E-state index is 0.529. The zero-order valence-corrected chi connectivity index (χ0v) is 13.5. The molecule has 2 rings (SSSR count). The largest absolute Gasteiger partial charge is 0.354 e. The van der Waals surface area contributed by atoms with Gasteiger partial charge in [-0.25, -0.2) is 4.68 Å². The summed E-state index contributed by atoms with van der Waals surface area (Å²) >= 11 is 3.36. The first-order valence-corrected chi connectivity index (χ1v) is 7.05. The molecule has 0 bridgehead atoms. The van der Waals surface area contributed by atoms with E-state index in [0.717, 1.165) is 18.7 Å². The smallest absolute Gasteiger partial charge is 0.230 e. The van der Waals surface area contributed by atoms with Crippen molar-refractivity contribution < 1.29 is 0 Å². The predicted molar refractivity (Wildman–Crippen MR) is 80.6 cm³/mol. The quantitative estimate of drug-likeness (QED) is 0.878. The Bertz CT molecular complexity index is 575. The Hall–Kier alpha value is -1.77. The summed E-state index contributed by atoms with van der Waals surface area (Å²) in [5.74, 6) is 1.66. The number of halogens is 1. The van der Waals surface area contributed by atoms with Gasteiger partial charge in [0.05, 0.1) is 0 Å². The van der Waals surface area contributed by atoms with Crippen LogP contribution in [-0.2, 0) is 7.05 Å². The van der Waals surface area contributed by atoms with Gasteiger partial charge in [0.25, 0.3) is 0 Å². The third-order valence-corrected chi connectivity index (χ3v) is 3.09. The van der Waals surface area contributed by atoms with Crippen molar-refractivity contribution in [2.45, 2.75) is 13.3 Å². The predicted octanol–water partition coefficient (Wildman–Crippen LogP) is 1.32. The van der Waals surface area contributed by atoms with Crippen LogP contribution in [0.5, 0.6) is 0 Å². The van der Waals surface area contributed by atoms with Crippen molar-refractivity contribution in [3.8, 4) is 11.5 Å².